The highest BCUT2D eigenvalue weighted by Crippen LogP contribution is 2.35. The molecule has 7 heteroatoms. The van der Waals surface area contributed by atoms with Crippen molar-refractivity contribution in [1.29, 1.82) is 0 Å². The number of carbonyl (C=O) groups excluding carboxylic acids is 1. The number of amides is 1. The summed E-state index contributed by atoms with van der Waals surface area (Å²) in [5, 5.41) is 4.35. The molecule has 0 saturated heterocycles. The molecule has 4 rings (SSSR count). The molecule has 1 amide bonds. The van der Waals surface area contributed by atoms with E-state index in [1.165, 1.54) is 18.2 Å². The maximum atomic E-state index is 13.5. The van der Waals surface area contributed by atoms with Crippen LogP contribution < -0.4 is 5.32 Å². The molecule has 1 heterocycles. The Morgan fingerprint density at radius 2 is 1.73 bits per heavy atom. The zero-order valence-electron chi connectivity index (χ0n) is 15.6. The van der Waals surface area contributed by atoms with Gasteiger partial charge in [0.05, 0.1) is 26.8 Å². The number of para-hydroxylation sites is 1. The highest BCUT2D eigenvalue weighted by Gasteiger charge is 2.20. The Hall–Kier alpha value is -2.66. The van der Waals surface area contributed by atoms with Crippen LogP contribution >= 0.6 is 34.8 Å². The van der Waals surface area contributed by atoms with Crippen molar-refractivity contribution in [3.8, 4) is 11.3 Å². The van der Waals surface area contributed by atoms with E-state index in [4.69, 9.17) is 39.8 Å². The molecule has 0 fully saturated rings. The summed E-state index contributed by atoms with van der Waals surface area (Å²) in [6, 6.07) is 16.5. The average Bonchev–Trinajstić information content (AvgIpc) is 2.70. The third kappa shape index (κ3) is 3.86. The van der Waals surface area contributed by atoms with Gasteiger partial charge in [0.2, 0.25) is 0 Å². The number of anilines is 1. The van der Waals surface area contributed by atoms with Gasteiger partial charge in [0, 0.05) is 21.7 Å². The van der Waals surface area contributed by atoms with Crippen molar-refractivity contribution in [2.75, 3.05) is 5.32 Å². The van der Waals surface area contributed by atoms with Crippen LogP contribution in [-0.4, -0.2) is 10.9 Å². The SMILES string of the molecule is Cc1c(-c2ccc(Cl)cc2Cl)nc2ccccc2c1C(=O)Nc1ccc(F)c(Cl)c1. The molecule has 0 atom stereocenters. The standard InChI is InChI=1S/C23H14Cl3FN2O/c1-12-21(23(30)28-14-7-9-19(27)18(26)11-14)16-4-2-3-5-20(16)29-22(12)15-8-6-13(24)10-17(15)25/h2-11H,1H3,(H,28,30). The van der Waals surface area contributed by atoms with Gasteiger partial charge in [-0.1, -0.05) is 53.0 Å². The van der Waals surface area contributed by atoms with Crippen molar-refractivity contribution in [2.45, 2.75) is 6.92 Å². The molecule has 150 valence electrons. The summed E-state index contributed by atoms with van der Waals surface area (Å²) >= 11 is 18.3. The Morgan fingerprint density at radius 1 is 0.967 bits per heavy atom. The van der Waals surface area contributed by atoms with Crippen molar-refractivity contribution in [3.05, 3.63) is 92.7 Å². The van der Waals surface area contributed by atoms with E-state index in [1.54, 1.807) is 18.2 Å². The number of nitrogens with one attached hydrogen (secondary N) is 1. The summed E-state index contributed by atoms with van der Waals surface area (Å²) in [7, 11) is 0. The molecule has 0 unspecified atom stereocenters. The molecule has 0 aliphatic carbocycles. The van der Waals surface area contributed by atoms with Crippen molar-refractivity contribution < 1.29 is 9.18 Å². The summed E-state index contributed by atoms with van der Waals surface area (Å²) in [4.78, 5) is 18.0. The van der Waals surface area contributed by atoms with Crippen molar-refractivity contribution >= 4 is 57.3 Å². The number of nitrogens with zero attached hydrogens (tertiary/aromatic N) is 1. The fourth-order valence-corrected chi connectivity index (χ4v) is 3.99. The fraction of sp³-hybridized carbons (Fsp3) is 0.0435. The van der Waals surface area contributed by atoms with Crippen LogP contribution in [0.15, 0.2) is 60.7 Å². The van der Waals surface area contributed by atoms with Gasteiger partial charge in [0.1, 0.15) is 5.82 Å². The van der Waals surface area contributed by atoms with Gasteiger partial charge in [-0.2, -0.15) is 0 Å². The first-order chi connectivity index (χ1) is 14.3. The lowest BCUT2D eigenvalue weighted by Gasteiger charge is -2.16. The molecule has 4 aromatic rings. The second-order valence-electron chi connectivity index (χ2n) is 6.68. The minimum Gasteiger partial charge on any atom is -0.322 e. The number of carbonyl (C=O) groups is 1. The number of rotatable bonds is 3. The molecule has 0 bridgehead atoms. The van der Waals surface area contributed by atoms with Gasteiger partial charge in [-0.15, -0.1) is 0 Å². The van der Waals surface area contributed by atoms with Crippen molar-refractivity contribution in [2.24, 2.45) is 0 Å². The van der Waals surface area contributed by atoms with Crippen molar-refractivity contribution in [3.63, 3.8) is 0 Å². The highest BCUT2D eigenvalue weighted by molar-refractivity contribution is 6.36. The average molecular weight is 460 g/mol. The Kier molecular flexibility index (Phi) is 5.65. The van der Waals surface area contributed by atoms with E-state index in [9.17, 15) is 9.18 Å². The van der Waals surface area contributed by atoms with Crippen LogP contribution in [0.4, 0.5) is 10.1 Å². The van der Waals surface area contributed by atoms with Gasteiger partial charge in [-0.25, -0.2) is 9.37 Å². The van der Waals surface area contributed by atoms with Gasteiger partial charge in [0.25, 0.3) is 5.91 Å². The summed E-state index contributed by atoms with van der Waals surface area (Å²) in [6.07, 6.45) is 0. The van der Waals surface area contributed by atoms with Crippen LogP contribution in [0.1, 0.15) is 15.9 Å². The predicted molar refractivity (Wildman–Crippen MR) is 121 cm³/mol. The van der Waals surface area contributed by atoms with Gasteiger partial charge in [-0.3, -0.25) is 4.79 Å². The van der Waals surface area contributed by atoms with E-state index in [0.29, 0.717) is 49.0 Å². The zero-order valence-corrected chi connectivity index (χ0v) is 17.9. The minimum atomic E-state index is -0.556. The maximum Gasteiger partial charge on any atom is 0.256 e. The Bertz CT molecular complexity index is 1310. The lowest BCUT2D eigenvalue weighted by Crippen LogP contribution is -2.15. The third-order valence-corrected chi connectivity index (χ3v) is 5.56. The topological polar surface area (TPSA) is 42.0 Å². The number of halogens is 4. The quantitative estimate of drug-likeness (QED) is 0.343. The summed E-state index contributed by atoms with van der Waals surface area (Å²) in [5.41, 5.74) is 3.38. The Labute approximate surface area is 187 Å². The number of hydrogen-bond donors (Lipinski definition) is 1. The van der Waals surface area contributed by atoms with E-state index < -0.39 is 5.82 Å². The van der Waals surface area contributed by atoms with Gasteiger partial charge in [-0.05, 0) is 55.0 Å². The van der Waals surface area contributed by atoms with E-state index in [-0.39, 0.29) is 10.9 Å². The van der Waals surface area contributed by atoms with Crippen molar-refractivity contribution in [1.82, 2.24) is 4.98 Å². The number of hydrogen-bond acceptors (Lipinski definition) is 2. The molecule has 3 nitrogen and oxygen atoms in total. The molecule has 0 radical (unpaired) electrons. The molecular formula is C23H14Cl3FN2O. The molecule has 0 aliphatic rings. The summed E-state index contributed by atoms with van der Waals surface area (Å²) in [6.45, 7) is 1.81. The second-order valence-corrected chi connectivity index (χ2v) is 7.94. The molecule has 1 aromatic heterocycles. The summed E-state index contributed by atoms with van der Waals surface area (Å²) in [5.74, 6) is -0.917. The van der Waals surface area contributed by atoms with Gasteiger partial charge < -0.3 is 5.32 Å². The van der Waals surface area contributed by atoms with Gasteiger partial charge >= 0.3 is 0 Å². The number of pyridine rings is 1. The van der Waals surface area contributed by atoms with E-state index in [2.05, 4.69) is 5.32 Å². The third-order valence-electron chi connectivity index (χ3n) is 4.73. The predicted octanol–water partition coefficient (Wildman–Crippen LogP) is 7.56. The van der Waals surface area contributed by atoms with E-state index in [1.807, 2.05) is 31.2 Å². The fourth-order valence-electron chi connectivity index (χ4n) is 3.31. The monoisotopic (exact) mass is 458 g/mol. The van der Waals surface area contributed by atoms with Crippen LogP contribution in [0.2, 0.25) is 15.1 Å². The van der Waals surface area contributed by atoms with Crippen LogP contribution in [0.3, 0.4) is 0 Å². The smallest absolute Gasteiger partial charge is 0.256 e. The first-order valence-corrected chi connectivity index (χ1v) is 10.1. The molecule has 0 aliphatic heterocycles. The van der Waals surface area contributed by atoms with Crippen LogP contribution in [0, 0.1) is 12.7 Å². The molecule has 30 heavy (non-hydrogen) atoms. The lowest BCUT2D eigenvalue weighted by molar-refractivity contribution is 0.102. The molecular weight excluding hydrogens is 446 g/mol. The summed E-state index contributed by atoms with van der Waals surface area (Å²) < 4.78 is 13.5. The molecule has 0 saturated carbocycles. The Morgan fingerprint density at radius 3 is 2.47 bits per heavy atom. The van der Waals surface area contributed by atoms with E-state index >= 15 is 0 Å². The van der Waals surface area contributed by atoms with Crippen LogP contribution in [0.25, 0.3) is 22.2 Å². The first-order valence-electron chi connectivity index (χ1n) is 8.96. The van der Waals surface area contributed by atoms with Gasteiger partial charge in [0.15, 0.2) is 0 Å². The highest BCUT2D eigenvalue weighted by atomic mass is 35.5. The first kappa shape index (κ1) is 20.6. The maximum absolute atomic E-state index is 13.5. The van der Waals surface area contributed by atoms with Crippen LogP contribution in [0.5, 0.6) is 0 Å². The number of benzene rings is 3. The van der Waals surface area contributed by atoms with Crippen LogP contribution in [-0.2, 0) is 0 Å². The minimum absolute atomic E-state index is 0.0715. The number of aromatic nitrogens is 1. The second kappa shape index (κ2) is 8.23. The zero-order chi connectivity index (χ0) is 21.4. The van der Waals surface area contributed by atoms with E-state index in [0.717, 1.165) is 0 Å². The Balaban J connectivity index is 1.88. The number of fused-ring (bicyclic) bond motifs is 1. The molecule has 0 spiro atoms. The largest absolute Gasteiger partial charge is 0.322 e. The molecule has 1 N–H and O–H groups in total. The molecule has 3 aromatic carbocycles. The normalized spacial score (nSPS) is 11.0. The lowest BCUT2D eigenvalue weighted by atomic mass is 9.97.